The first-order chi connectivity index (χ1) is 24.5. The minimum absolute atomic E-state index is 0.105. The third-order valence-corrected chi connectivity index (χ3v) is 10.1. The number of para-hydroxylation sites is 3. The second kappa shape index (κ2) is 12.0. The van der Waals surface area contributed by atoms with Gasteiger partial charge in [0.05, 0.1) is 34.1 Å². The van der Waals surface area contributed by atoms with Crippen LogP contribution in [0.1, 0.15) is 41.8 Å². The third kappa shape index (κ3) is 4.53. The Morgan fingerprint density at radius 2 is 1.48 bits per heavy atom. The highest BCUT2D eigenvalue weighted by Gasteiger charge is 2.48. The Labute approximate surface area is 292 Å². The molecule has 0 N–H and O–H groups in total. The molecule has 1 aromatic heterocycles. The van der Waals surface area contributed by atoms with Crippen LogP contribution in [0.4, 0.5) is 11.4 Å². The van der Waals surface area contributed by atoms with Gasteiger partial charge in [-0.25, -0.2) is 0 Å². The van der Waals surface area contributed by atoms with Crippen LogP contribution in [0.2, 0.25) is 0 Å². The Morgan fingerprint density at radius 1 is 0.760 bits per heavy atom. The normalized spacial score (nSPS) is 17.3. The van der Waals surface area contributed by atoms with Crippen LogP contribution in [0, 0.1) is 35.0 Å². The molecule has 0 saturated carbocycles. The molecule has 50 heavy (non-hydrogen) atoms. The molecule has 1 aliphatic carbocycles. The molecule has 0 amide bonds. The summed E-state index contributed by atoms with van der Waals surface area (Å²) in [6.07, 6.45) is 18.7. The Hall–Kier alpha value is -6.80. The van der Waals surface area contributed by atoms with Crippen molar-refractivity contribution in [1.29, 1.82) is 10.5 Å². The molecule has 2 unspecified atom stereocenters. The van der Waals surface area contributed by atoms with E-state index in [9.17, 15) is 10.5 Å². The van der Waals surface area contributed by atoms with Gasteiger partial charge < -0.3 is 9.47 Å². The van der Waals surface area contributed by atoms with E-state index in [1.807, 2.05) is 49.4 Å². The molecule has 4 heteroatoms. The van der Waals surface area contributed by atoms with Gasteiger partial charge in [0.15, 0.2) is 0 Å². The zero-order valence-corrected chi connectivity index (χ0v) is 27.8. The molecule has 2 heterocycles. The van der Waals surface area contributed by atoms with Crippen molar-refractivity contribution in [2.24, 2.45) is 0 Å². The molecule has 0 fully saturated rings. The van der Waals surface area contributed by atoms with Crippen LogP contribution in [0.5, 0.6) is 0 Å². The maximum Gasteiger partial charge on any atom is 0.105 e. The molecular weight excluding hydrogens is 609 g/mol. The van der Waals surface area contributed by atoms with Crippen molar-refractivity contribution < 1.29 is 0 Å². The van der Waals surface area contributed by atoms with Crippen LogP contribution in [0.25, 0.3) is 44.9 Å². The summed E-state index contributed by atoms with van der Waals surface area (Å²) in [6, 6.07) is 41.8. The molecule has 1 aliphatic heterocycles. The lowest BCUT2D eigenvalue weighted by molar-refractivity contribution is 0.551. The summed E-state index contributed by atoms with van der Waals surface area (Å²) in [4.78, 5) is 2.22. The highest BCUT2D eigenvalue weighted by Crippen LogP contribution is 2.55. The summed E-state index contributed by atoms with van der Waals surface area (Å²) < 4.78 is 2.15. The Kier molecular flexibility index (Phi) is 7.34. The van der Waals surface area contributed by atoms with Gasteiger partial charge in [-0.1, -0.05) is 115 Å². The molecule has 0 radical (unpaired) electrons. The van der Waals surface area contributed by atoms with Crippen molar-refractivity contribution in [3.05, 3.63) is 168 Å². The lowest BCUT2D eigenvalue weighted by Gasteiger charge is -2.36. The van der Waals surface area contributed by atoms with E-state index in [4.69, 9.17) is 6.42 Å². The largest absolute Gasteiger partial charge is 0.330 e. The van der Waals surface area contributed by atoms with Gasteiger partial charge in [-0.3, -0.25) is 0 Å². The lowest BCUT2D eigenvalue weighted by Crippen LogP contribution is -2.39. The second-order valence-corrected chi connectivity index (χ2v) is 12.9. The number of terminal acetylenes is 1. The van der Waals surface area contributed by atoms with Crippen LogP contribution < -0.4 is 4.90 Å². The van der Waals surface area contributed by atoms with Gasteiger partial charge in [0.1, 0.15) is 17.8 Å². The number of fused-ring (bicyclic) bond motifs is 4. The minimum Gasteiger partial charge on any atom is -0.330 e. The third-order valence-electron chi connectivity index (χ3n) is 10.1. The summed E-state index contributed by atoms with van der Waals surface area (Å²) in [6.45, 7) is 4.21. The Bertz CT molecular complexity index is 2560. The van der Waals surface area contributed by atoms with Crippen molar-refractivity contribution in [3.8, 4) is 52.4 Å². The van der Waals surface area contributed by atoms with E-state index in [-0.39, 0.29) is 11.5 Å². The minimum atomic E-state index is -0.363. The van der Waals surface area contributed by atoms with Gasteiger partial charge in [0.25, 0.3) is 0 Å². The van der Waals surface area contributed by atoms with Crippen LogP contribution in [-0.4, -0.2) is 10.6 Å². The fourth-order valence-electron chi connectivity index (χ4n) is 7.85. The first-order valence-electron chi connectivity index (χ1n) is 16.7. The number of benzene rings is 5. The number of rotatable bonds is 5. The fourth-order valence-corrected chi connectivity index (χ4v) is 7.85. The van der Waals surface area contributed by atoms with Crippen LogP contribution in [0.3, 0.4) is 0 Å². The Balaban J connectivity index is 1.24. The van der Waals surface area contributed by atoms with Crippen LogP contribution in [0.15, 0.2) is 140 Å². The van der Waals surface area contributed by atoms with Gasteiger partial charge in [-0.15, -0.1) is 6.42 Å². The molecule has 6 aromatic rings. The zero-order chi connectivity index (χ0) is 34.4. The monoisotopic (exact) mass is 640 g/mol. The predicted molar refractivity (Wildman–Crippen MR) is 204 cm³/mol. The van der Waals surface area contributed by atoms with Crippen LogP contribution in [-0.2, 0) is 5.41 Å². The highest BCUT2D eigenvalue weighted by molar-refractivity contribution is 5.95. The molecule has 4 nitrogen and oxygen atoms in total. The molecule has 236 valence electrons. The highest BCUT2D eigenvalue weighted by atomic mass is 15.2. The van der Waals surface area contributed by atoms with E-state index in [1.165, 1.54) is 0 Å². The van der Waals surface area contributed by atoms with E-state index in [1.54, 1.807) is 0 Å². The maximum absolute atomic E-state index is 10.5. The SMILES string of the molecule is C#Cc1c(/C=C\C)c2ccccc2n1-c1ccc(-c2cccc(-c3cccc(C#N)c3N3c4c(C#N)cccc4C4(C)C=CC=CC34)c2)cc1. The number of anilines is 2. The molecular formula is C46H32N4. The topological polar surface area (TPSA) is 55.8 Å². The van der Waals surface area contributed by atoms with Gasteiger partial charge in [-0.2, -0.15) is 10.5 Å². The number of hydrogen-bond acceptors (Lipinski definition) is 3. The maximum atomic E-state index is 10.5. The first kappa shape index (κ1) is 30.5. The van der Waals surface area contributed by atoms with Gasteiger partial charge in [-0.05, 0) is 72.5 Å². The molecule has 0 bridgehead atoms. The molecule has 5 aromatic carbocycles. The number of allylic oxidation sites excluding steroid dienone is 3. The standard InChI is InChI=1S/C46H32N4/c1-4-13-38-39-18-6-7-21-42(39)49(41(38)5-2)36-25-23-31(24-26-36)32-14-10-15-33(28-32)37-19-11-16-34(29-47)44(37)50-43-22-8-9-27-46(43,3)40-20-12-17-35(30-48)45(40)50/h2,4,6-28,43H,1,3H3/b13-4-. The van der Waals surface area contributed by atoms with E-state index in [0.29, 0.717) is 11.1 Å². The molecule has 0 spiro atoms. The number of hydrogen-bond donors (Lipinski definition) is 0. The van der Waals surface area contributed by atoms with Crippen molar-refractivity contribution in [1.82, 2.24) is 4.57 Å². The summed E-state index contributed by atoms with van der Waals surface area (Å²) in [7, 11) is 0. The smallest absolute Gasteiger partial charge is 0.105 e. The van der Waals surface area contributed by atoms with E-state index < -0.39 is 0 Å². The lowest BCUT2D eigenvalue weighted by atomic mass is 9.76. The van der Waals surface area contributed by atoms with Gasteiger partial charge in [0, 0.05) is 27.6 Å². The van der Waals surface area contributed by atoms with E-state index >= 15 is 0 Å². The summed E-state index contributed by atoms with van der Waals surface area (Å²) in [5.74, 6) is 2.94. The predicted octanol–water partition coefficient (Wildman–Crippen LogP) is 10.6. The number of nitrogens with zero attached hydrogens (tertiary/aromatic N) is 4. The van der Waals surface area contributed by atoms with Gasteiger partial charge >= 0.3 is 0 Å². The quantitative estimate of drug-likeness (QED) is 0.176. The second-order valence-electron chi connectivity index (χ2n) is 12.9. The molecule has 0 saturated heterocycles. The average molecular weight is 641 g/mol. The number of nitriles is 2. The molecule has 8 rings (SSSR count). The van der Waals surface area contributed by atoms with Crippen molar-refractivity contribution >= 4 is 28.4 Å². The fraction of sp³-hybridized carbons (Fsp3) is 0.0870. The van der Waals surface area contributed by atoms with Crippen molar-refractivity contribution in [3.63, 3.8) is 0 Å². The zero-order valence-electron chi connectivity index (χ0n) is 27.8. The summed E-state index contributed by atoms with van der Waals surface area (Å²) >= 11 is 0. The van der Waals surface area contributed by atoms with Crippen molar-refractivity contribution in [2.75, 3.05) is 4.90 Å². The van der Waals surface area contributed by atoms with Crippen LogP contribution >= 0.6 is 0 Å². The first-order valence-corrected chi connectivity index (χ1v) is 16.7. The Morgan fingerprint density at radius 3 is 2.24 bits per heavy atom. The summed E-state index contributed by atoms with van der Waals surface area (Å²) in [5.41, 5.74) is 11.5. The number of aromatic nitrogens is 1. The van der Waals surface area contributed by atoms with Gasteiger partial charge in [0.2, 0.25) is 0 Å². The molecule has 2 atom stereocenters. The van der Waals surface area contributed by atoms with E-state index in [0.717, 1.165) is 67.0 Å². The summed E-state index contributed by atoms with van der Waals surface area (Å²) in [5, 5.41) is 21.9. The van der Waals surface area contributed by atoms with Crippen molar-refractivity contribution in [2.45, 2.75) is 25.3 Å². The average Bonchev–Trinajstić information content (AvgIpc) is 3.63. The van der Waals surface area contributed by atoms with E-state index in [2.05, 4.69) is 138 Å². The molecule has 2 aliphatic rings.